The summed E-state index contributed by atoms with van der Waals surface area (Å²) in [5.74, 6) is 1.38. The second kappa shape index (κ2) is 5.40. The third-order valence-corrected chi connectivity index (χ3v) is 2.59. The number of rotatable bonds is 3. The van der Waals surface area contributed by atoms with Crippen LogP contribution >= 0.6 is 0 Å². The monoisotopic (exact) mass is 241 g/mol. The molecule has 18 heavy (non-hydrogen) atoms. The van der Waals surface area contributed by atoms with Gasteiger partial charge in [0.25, 0.3) is 0 Å². The molecule has 0 unspecified atom stereocenters. The lowest BCUT2D eigenvalue weighted by Gasteiger charge is -2.08. The molecule has 0 aliphatic rings. The van der Waals surface area contributed by atoms with Gasteiger partial charge >= 0.3 is 0 Å². The van der Waals surface area contributed by atoms with Gasteiger partial charge in [0.15, 0.2) is 5.82 Å². The molecule has 0 amide bonds. The Kier molecular flexibility index (Phi) is 3.67. The highest BCUT2D eigenvalue weighted by molar-refractivity contribution is 5.97. The summed E-state index contributed by atoms with van der Waals surface area (Å²) in [7, 11) is 1.64. The number of aliphatic imine (C=N–C) groups is 1. The van der Waals surface area contributed by atoms with Crippen LogP contribution in [0.3, 0.4) is 0 Å². The Balaban J connectivity index is 2.45. The average Bonchev–Trinajstić information content (AvgIpc) is 2.42. The Morgan fingerprint density at radius 2 is 1.89 bits per heavy atom. The fourth-order valence-corrected chi connectivity index (χ4v) is 1.64. The normalized spacial score (nSPS) is 11.4. The highest BCUT2D eigenvalue weighted by Crippen LogP contribution is 2.31. The predicted molar refractivity (Wildman–Crippen MR) is 71.6 cm³/mol. The number of benzene rings is 1. The van der Waals surface area contributed by atoms with Gasteiger partial charge in [-0.25, -0.2) is 15.0 Å². The van der Waals surface area contributed by atoms with Crippen molar-refractivity contribution in [2.45, 2.75) is 13.8 Å². The summed E-state index contributed by atoms with van der Waals surface area (Å²) in [4.78, 5) is 12.9. The number of aromatic nitrogens is 2. The van der Waals surface area contributed by atoms with Crippen LogP contribution in [0.2, 0.25) is 0 Å². The van der Waals surface area contributed by atoms with Crippen molar-refractivity contribution < 1.29 is 4.74 Å². The van der Waals surface area contributed by atoms with Crippen molar-refractivity contribution in [1.29, 1.82) is 0 Å². The van der Waals surface area contributed by atoms with Crippen LogP contribution in [0.25, 0.3) is 0 Å². The molecule has 0 saturated carbocycles. The molecule has 4 nitrogen and oxygen atoms in total. The first-order valence-corrected chi connectivity index (χ1v) is 5.68. The summed E-state index contributed by atoms with van der Waals surface area (Å²) in [5, 5.41) is 0. The molecule has 0 fully saturated rings. The Bertz CT molecular complexity index is 565. The number of para-hydroxylation sites is 1. The smallest absolute Gasteiger partial charge is 0.173 e. The molecule has 0 N–H and O–H groups in total. The number of nitrogens with zero attached hydrogens (tertiary/aromatic N) is 3. The largest absolute Gasteiger partial charge is 0.494 e. The number of ether oxygens (including phenoxy) is 1. The third kappa shape index (κ3) is 2.53. The molecule has 0 aliphatic carbocycles. The van der Waals surface area contributed by atoms with E-state index in [4.69, 9.17) is 4.74 Å². The lowest BCUT2D eigenvalue weighted by Crippen LogP contribution is -2.01. The third-order valence-electron chi connectivity index (χ3n) is 2.59. The van der Waals surface area contributed by atoms with Crippen LogP contribution in [0.1, 0.15) is 18.3 Å². The fraction of sp³-hybridized carbons (Fsp3) is 0.214. The van der Waals surface area contributed by atoms with Crippen molar-refractivity contribution >= 4 is 11.4 Å². The minimum atomic E-state index is 0.628. The molecule has 1 aromatic carbocycles. The van der Waals surface area contributed by atoms with Gasteiger partial charge in [-0.2, -0.15) is 0 Å². The summed E-state index contributed by atoms with van der Waals surface area (Å²) in [6.07, 6.45) is 3.41. The van der Waals surface area contributed by atoms with Crippen molar-refractivity contribution in [2.24, 2.45) is 4.99 Å². The van der Waals surface area contributed by atoms with Crippen molar-refractivity contribution in [1.82, 2.24) is 9.97 Å². The van der Waals surface area contributed by atoms with E-state index in [1.807, 2.05) is 32.0 Å². The van der Waals surface area contributed by atoms with Crippen LogP contribution in [0, 0.1) is 6.92 Å². The SMILES string of the molecule is COc1cccc(C)c1N=C(C)c1ncccn1. The van der Waals surface area contributed by atoms with Crippen LogP contribution in [0.5, 0.6) is 5.75 Å². The lowest BCUT2D eigenvalue weighted by molar-refractivity contribution is 0.416. The van der Waals surface area contributed by atoms with E-state index >= 15 is 0 Å². The Hall–Kier alpha value is -2.23. The molecule has 1 heterocycles. The van der Waals surface area contributed by atoms with E-state index in [0.29, 0.717) is 5.82 Å². The molecule has 1 aromatic heterocycles. The Morgan fingerprint density at radius 1 is 1.17 bits per heavy atom. The molecule has 0 bridgehead atoms. The zero-order valence-corrected chi connectivity index (χ0v) is 10.7. The zero-order valence-electron chi connectivity index (χ0n) is 10.7. The first-order chi connectivity index (χ1) is 8.72. The van der Waals surface area contributed by atoms with Crippen LogP contribution in [0.4, 0.5) is 5.69 Å². The molecule has 92 valence electrons. The minimum Gasteiger partial charge on any atom is -0.494 e. The quantitative estimate of drug-likeness (QED) is 0.776. The fourth-order valence-electron chi connectivity index (χ4n) is 1.64. The first-order valence-electron chi connectivity index (χ1n) is 5.68. The van der Waals surface area contributed by atoms with Crippen molar-refractivity contribution in [3.05, 3.63) is 48.0 Å². The van der Waals surface area contributed by atoms with Gasteiger partial charge in [-0.05, 0) is 31.5 Å². The molecule has 0 atom stereocenters. The highest BCUT2D eigenvalue weighted by Gasteiger charge is 2.07. The second-order valence-corrected chi connectivity index (χ2v) is 3.90. The van der Waals surface area contributed by atoms with E-state index in [1.165, 1.54) is 0 Å². The standard InChI is InChI=1S/C14H15N3O/c1-10-6-4-7-12(18-3)13(10)17-11(2)14-15-8-5-9-16-14/h4-9H,1-3H3. The van der Waals surface area contributed by atoms with E-state index in [9.17, 15) is 0 Å². The van der Waals surface area contributed by atoms with Gasteiger partial charge in [-0.15, -0.1) is 0 Å². The molecular weight excluding hydrogens is 226 g/mol. The Labute approximate surface area is 106 Å². The molecule has 0 radical (unpaired) electrons. The molecule has 2 rings (SSSR count). The van der Waals surface area contributed by atoms with Gasteiger partial charge < -0.3 is 4.74 Å². The van der Waals surface area contributed by atoms with E-state index in [1.54, 1.807) is 25.6 Å². The van der Waals surface area contributed by atoms with E-state index < -0.39 is 0 Å². The van der Waals surface area contributed by atoms with E-state index in [0.717, 1.165) is 22.7 Å². The predicted octanol–water partition coefficient (Wildman–Crippen LogP) is 2.93. The van der Waals surface area contributed by atoms with Crippen molar-refractivity contribution in [2.75, 3.05) is 7.11 Å². The maximum atomic E-state index is 5.32. The van der Waals surface area contributed by atoms with Crippen LogP contribution < -0.4 is 4.74 Å². The maximum Gasteiger partial charge on any atom is 0.173 e. The van der Waals surface area contributed by atoms with Gasteiger partial charge in [0.2, 0.25) is 0 Å². The summed E-state index contributed by atoms with van der Waals surface area (Å²) < 4.78 is 5.32. The number of hydrogen-bond acceptors (Lipinski definition) is 4. The highest BCUT2D eigenvalue weighted by atomic mass is 16.5. The van der Waals surface area contributed by atoms with E-state index in [-0.39, 0.29) is 0 Å². The Morgan fingerprint density at radius 3 is 2.56 bits per heavy atom. The molecule has 0 aliphatic heterocycles. The summed E-state index contributed by atoms with van der Waals surface area (Å²) >= 11 is 0. The molecule has 2 aromatic rings. The molecule has 4 heteroatoms. The summed E-state index contributed by atoms with van der Waals surface area (Å²) in [6, 6.07) is 7.62. The lowest BCUT2D eigenvalue weighted by atomic mass is 10.2. The maximum absolute atomic E-state index is 5.32. The van der Waals surface area contributed by atoms with Gasteiger partial charge in [0.1, 0.15) is 11.4 Å². The first kappa shape index (κ1) is 12.2. The van der Waals surface area contributed by atoms with Crippen LogP contribution in [-0.4, -0.2) is 22.8 Å². The van der Waals surface area contributed by atoms with Crippen LogP contribution in [-0.2, 0) is 0 Å². The zero-order chi connectivity index (χ0) is 13.0. The van der Waals surface area contributed by atoms with Crippen molar-refractivity contribution in [3.63, 3.8) is 0 Å². The second-order valence-electron chi connectivity index (χ2n) is 3.90. The number of hydrogen-bond donors (Lipinski definition) is 0. The average molecular weight is 241 g/mol. The number of methoxy groups -OCH3 is 1. The minimum absolute atomic E-state index is 0.628. The van der Waals surface area contributed by atoms with Gasteiger partial charge in [-0.3, -0.25) is 0 Å². The van der Waals surface area contributed by atoms with Gasteiger partial charge in [0.05, 0.1) is 12.8 Å². The van der Waals surface area contributed by atoms with E-state index in [2.05, 4.69) is 15.0 Å². The molecule has 0 saturated heterocycles. The topological polar surface area (TPSA) is 47.4 Å². The molecule has 0 spiro atoms. The van der Waals surface area contributed by atoms with Gasteiger partial charge in [0, 0.05) is 12.4 Å². The summed E-state index contributed by atoms with van der Waals surface area (Å²) in [5.41, 5.74) is 2.65. The van der Waals surface area contributed by atoms with Crippen LogP contribution in [0.15, 0.2) is 41.7 Å². The number of aryl methyl sites for hydroxylation is 1. The summed E-state index contributed by atoms with van der Waals surface area (Å²) in [6.45, 7) is 3.89. The van der Waals surface area contributed by atoms with Crippen molar-refractivity contribution in [3.8, 4) is 5.75 Å². The van der Waals surface area contributed by atoms with Gasteiger partial charge in [-0.1, -0.05) is 12.1 Å². The molecular formula is C14H15N3O.